The molecule has 5 aliphatic carbocycles. The van der Waals surface area contributed by atoms with Crippen molar-refractivity contribution in [2.75, 3.05) is 0 Å². The lowest BCUT2D eigenvalue weighted by Gasteiger charge is -2.47. The second-order valence-corrected chi connectivity index (χ2v) is 10.1. The van der Waals surface area contributed by atoms with Crippen LogP contribution in [0.1, 0.15) is 57.6 Å². The maximum Gasteiger partial charge on any atom is 0.00649 e. The molecule has 0 heterocycles. The van der Waals surface area contributed by atoms with Gasteiger partial charge in [0.05, 0.1) is 0 Å². The highest BCUT2D eigenvalue weighted by Crippen LogP contribution is 2.86. The van der Waals surface area contributed by atoms with Crippen LogP contribution in [-0.4, -0.2) is 0 Å². The van der Waals surface area contributed by atoms with Crippen LogP contribution in [0.2, 0.25) is 0 Å². The Kier molecular flexibility index (Phi) is 2.09. The Morgan fingerprint density at radius 2 is 1.21 bits per heavy atom. The van der Waals surface area contributed by atoms with E-state index in [1.54, 1.807) is 11.1 Å². The molecule has 0 nitrogen and oxygen atoms in total. The average Bonchev–Trinajstić information content (AvgIpc) is 3.24. The minimum atomic E-state index is 0.409. The Balaban J connectivity index is 1.73. The smallest absolute Gasteiger partial charge is 0.00649 e. The summed E-state index contributed by atoms with van der Waals surface area (Å²) >= 11 is 0. The van der Waals surface area contributed by atoms with E-state index in [1.165, 1.54) is 36.8 Å². The van der Waals surface area contributed by atoms with Crippen LogP contribution in [0.4, 0.5) is 0 Å². The van der Waals surface area contributed by atoms with Gasteiger partial charge in [-0.2, -0.15) is 0 Å². The van der Waals surface area contributed by atoms with Gasteiger partial charge in [0, 0.05) is 10.8 Å². The lowest BCUT2D eigenvalue weighted by atomic mass is 9.55. The Morgan fingerprint density at radius 3 is 1.62 bits per heavy atom. The number of benzene rings is 2. The van der Waals surface area contributed by atoms with Crippen molar-refractivity contribution >= 4 is 0 Å². The molecule has 4 saturated carbocycles. The highest BCUT2D eigenvalue weighted by atomic mass is 14.8. The largest absolute Gasteiger partial charge is 0.0619 e. The van der Waals surface area contributed by atoms with Gasteiger partial charge in [0.2, 0.25) is 0 Å². The Bertz CT molecular complexity index is 819. The number of fused-ring (bicyclic) bond motifs is 3. The summed E-state index contributed by atoms with van der Waals surface area (Å²) in [7, 11) is 0. The molecule has 24 heavy (non-hydrogen) atoms. The first-order chi connectivity index (χ1) is 11.4. The number of hydrogen-bond donors (Lipinski definition) is 0. The van der Waals surface area contributed by atoms with Gasteiger partial charge in [-0.15, -0.1) is 0 Å². The van der Waals surface area contributed by atoms with E-state index in [0.29, 0.717) is 21.7 Å². The van der Waals surface area contributed by atoms with Gasteiger partial charge in [0.25, 0.3) is 0 Å². The fourth-order valence-corrected chi connectivity index (χ4v) is 7.95. The van der Waals surface area contributed by atoms with Crippen LogP contribution >= 0.6 is 0 Å². The normalized spacial score (nSPS) is 40.5. The van der Waals surface area contributed by atoms with Gasteiger partial charge >= 0.3 is 0 Å². The highest BCUT2D eigenvalue weighted by molar-refractivity contribution is 5.80. The second kappa shape index (κ2) is 3.66. The molecule has 2 unspecified atom stereocenters. The fourth-order valence-electron chi connectivity index (χ4n) is 7.95. The van der Waals surface area contributed by atoms with Gasteiger partial charge in [-0.25, -0.2) is 0 Å². The van der Waals surface area contributed by atoms with Gasteiger partial charge in [0.1, 0.15) is 0 Å². The molecule has 5 aliphatic rings. The van der Waals surface area contributed by atoms with E-state index in [1.807, 2.05) is 0 Å². The first-order valence-electron chi connectivity index (χ1n) is 9.63. The minimum absolute atomic E-state index is 0.409. The third kappa shape index (κ3) is 1.14. The summed E-state index contributed by atoms with van der Waals surface area (Å²) in [6.07, 6.45) is 5.68. The Morgan fingerprint density at radius 1 is 0.750 bits per heavy atom. The van der Waals surface area contributed by atoms with Gasteiger partial charge in [-0.3, -0.25) is 0 Å². The Hall–Kier alpha value is -1.56. The summed E-state index contributed by atoms with van der Waals surface area (Å²) in [6.45, 7) is 7.52. The minimum Gasteiger partial charge on any atom is -0.0619 e. The summed E-state index contributed by atoms with van der Waals surface area (Å²) in [5.41, 5.74) is 8.17. The molecule has 7 rings (SSSR count). The van der Waals surface area contributed by atoms with E-state index in [4.69, 9.17) is 0 Å². The molecule has 2 aromatic rings. The van der Waals surface area contributed by atoms with E-state index < -0.39 is 0 Å². The van der Waals surface area contributed by atoms with Gasteiger partial charge in [-0.05, 0) is 64.7 Å². The van der Waals surface area contributed by atoms with Crippen LogP contribution in [0, 0.1) is 16.7 Å². The molecule has 0 N–H and O–H groups in total. The van der Waals surface area contributed by atoms with E-state index >= 15 is 0 Å². The molecular weight excluding hydrogens is 288 g/mol. The molecule has 2 atom stereocenters. The van der Waals surface area contributed by atoms with Crippen molar-refractivity contribution in [3.63, 3.8) is 0 Å². The Labute approximate surface area is 145 Å². The monoisotopic (exact) mass is 314 g/mol. The maximum absolute atomic E-state index is 2.51. The third-order valence-electron chi connectivity index (χ3n) is 8.79. The van der Waals surface area contributed by atoms with Crippen LogP contribution in [0.3, 0.4) is 0 Å². The fraction of sp³-hybridized carbons (Fsp3) is 0.500. The first-order valence-corrected chi connectivity index (χ1v) is 9.63. The summed E-state index contributed by atoms with van der Waals surface area (Å²) in [6, 6.07) is 18.7. The van der Waals surface area contributed by atoms with Crippen LogP contribution in [0.25, 0.3) is 11.1 Å². The average molecular weight is 314 g/mol. The standard InChI is InChI=1S/C24H26/c1-21(2,3)24-14-22-12-16(24)13-23(22,15-24)20-11-7-5-9-18(20)17-8-4-6-10-19(17)22/h4-11,16H,12-15H2,1-3H3. The predicted molar refractivity (Wildman–Crippen MR) is 99.1 cm³/mol. The molecule has 0 radical (unpaired) electrons. The molecule has 0 aromatic heterocycles. The third-order valence-corrected chi connectivity index (χ3v) is 8.79. The van der Waals surface area contributed by atoms with Crippen molar-refractivity contribution in [1.82, 2.24) is 0 Å². The van der Waals surface area contributed by atoms with Crippen LogP contribution in [-0.2, 0) is 10.8 Å². The summed E-state index contributed by atoms with van der Waals surface area (Å²) in [5, 5.41) is 0. The van der Waals surface area contributed by atoms with Gasteiger partial charge in [-0.1, -0.05) is 69.3 Å². The SMILES string of the molecule is CC(C)(C)C12CC34CC1CC3(C2)c1ccccc1-c1ccccc14. The number of rotatable bonds is 0. The molecule has 0 saturated heterocycles. The molecule has 4 bridgehead atoms. The second-order valence-electron chi connectivity index (χ2n) is 10.1. The van der Waals surface area contributed by atoms with Crippen LogP contribution in [0.5, 0.6) is 0 Å². The lowest BCUT2D eigenvalue weighted by Crippen LogP contribution is -2.43. The van der Waals surface area contributed by atoms with E-state index in [-0.39, 0.29) is 0 Å². The van der Waals surface area contributed by atoms with Crippen molar-refractivity contribution < 1.29 is 0 Å². The van der Waals surface area contributed by atoms with E-state index in [9.17, 15) is 0 Å². The molecule has 0 aliphatic heterocycles. The molecular formula is C24H26. The van der Waals surface area contributed by atoms with Crippen LogP contribution in [0.15, 0.2) is 48.5 Å². The predicted octanol–water partition coefficient (Wildman–Crippen LogP) is 6.09. The maximum atomic E-state index is 2.51. The van der Waals surface area contributed by atoms with Crippen molar-refractivity contribution in [2.45, 2.75) is 57.3 Å². The summed E-state index contributed by atoms with van der Waals surface area (Å²) in [4.78, 5) is 0. The number of hydrogen-bond acceptors (Lipinski definition) is 0. The molecule has 4 fully saturated rings. The van der Waals surface area contributed by atoms with Crippen LogP contribution < -0.4 is 0 Å². The molecule has 0 amide bonds. The van der Waals surface area contributed by atoms with Crippen molar-refractivity contribution in [3.05, 3.63) is 59.7 Å². The topological polar surface area (TPSA) is 0 Å². The summed E-state index contributed by atoms with van der Waals surface area (Å²) < 4.78 is 0. The quantitative estimate of drug-likeness (QED) is 0.552. The zero-order valence-electron chi connectivity index (χ0n) is 15.0. The van der Waals surface area contributed by atoms with E-state index in [0.717, 1.165) is 5.92 Å². The molecule has 0 heteroatoms. The highest BCUT2D eigenvalue weighted by Gasteiger charge is 2.81. The van der Waals surface area contributed by atoms with Gasteiger partial charge in [0.15, 0.2) is 0 Å². The van der Waals surface area contributed by atoms with Crippen molar-refractivity contribution in [3.8, 4) is 11.1 Å². The lowest BCUT2D eigenvalue weighted by molar-refractivity contribution is 0.0673. The molecule has 2 aromatic carbocycles. The zero-order chi connectivity index (χ0) is 16.4. The van der Waals surface area contributed by atoms with Crippen molar-refractivity contribution in [2.24, 2.45) is 16.7 Å². The molecule has 122 valence electrons. The molecule has 2 spiro atoms. The zero-order valence-corrected chi connectivity index (χ0v) is 15.0. The van der Waals surface area contributed by atoms with Crippen molar-refractivity contribution in [1.29, 1.82) is 0 Å². The van der Waals surface area contributed by atoms with Gasteiger partial charge < -0.3 is 0 Å². The van der Waals surface area contributed by atoms with E-state index in [2.05, 4.69) is 69.3 Å². The summed E-state index contributed by atoms with van der Waals surface area (Å²) in [5.74, 6) is 0.914. The first kappa shape index (κ1) is 13.7.